The van der Waals surface area contributed by atoms with Crippen LogP contribution in [-0.2, 0) is 43.1 Å². The Balaban J connectivity index is 1.75. The second kappa shape index (κ2) is 12.9. The molecule has 3 rings (SSSR count). The number of nitrogens with one attached hydrogen (secondary N) is 1. The summed E-state index contributed by atoms with van der Waals surface area (Å²) in [4.78, 5) is 40.9. The van der Waals surface area contributed by atoms with Crippen molar-refractivity contribution in [3.63, 3.8) is 0 Å². The quantitative estimate of drug-likeness (QED) is 0.433. The second-order valence-electron chi connectivity index (χ2n) is 10.8. The fourth-order valence-corrected chi connectivity index (χ4v) is 4.76. The number of phenols is 1. The van der Waals surface area contributed by atoms with Crippen molar-refractivity contribution in [2.75, 3.05) is 13.2 Å². The molecule has 8 nitrogen and oxygen atoms in total. The zero-order chi connectivity index (χ0) is 27.9. The summed E-state index contributed by atoms with van der Waals surface area (Å²) >= 11 is 0. The van der Waals surface area contributed by atoms with Gasteiger partial charge in [-0.15, -0.1) is 0 Å². The summed E-state index contributed by atoms with van der Waals surface area (Å²) < 4.78 is 10.8. The Kier molecular flexibility index (Phi) is 9.91. The van der Waals surface area contributed by atoms with Crippen LogP contribution in [0.4, 0.5) is 0 Å². The first kappa shape index (κ1) is 29.2. The van der Waals surface area contributed by atoms with Gasteiger partial charge in [-0.1, -0.05) is 36.4 Å². The minimum Gasteiger partial charge on any atom is -0.508 e. The van der Waals surface area contributed by atoms with Crippen molar-refractivity contribution in [1.82, 2.24) is 10.2 Å². The van der Waals surface area contributed by atoms with Gasteiger partial charge in [-0.3, -0.25) is 19.7 Å². The largest absolute Gasteiger partial charge is 0.508 e. The highest BCUT2D eigenvalue weighted by molar-refractivity contribution is 5.87. The van der Waals surface area contributed by atoms with Crippen LogP contribution in [0.25, 0.3) is 0 Å². The number of hydrogen-bond donors (Lipinski definition) is 2. The van der Waals surface area contributed by atoms with Gasteiger partial charge in [0.2, 0.25) is 5.91 Å². The van der Waals surface area contributed by atoms with Gasteiger partial charge in [0.1, 0.15) is 23.9 Å². The van der Waals surface area contributed by atoms with Gasteiger partial charge in [0.05, 0.1) is 12.6 Å². The second-order valence-corrected chi connectivity index (χ2v) is 10.8. The first-order valence-corrected chi connectivity index (χ1v) is 13.3. The van der Waals surface area contributed by atoms with E-state index in [1.807, 2.05) is 24.3 Å². The van der Waals surface area contributed by atoms with Crippen molar-refractivity contribution in [2.45, 2.75) is 84.0 Å². The maximum absolute atomic E-state index is 13.8. The van der Waals surface area contributed by atoms with E-state index in [-0.39, 0.29) is 30.9 Å². The van der Waals surface area contributed by atoms with Gasteiger partial charge in [0.15, 0.2) is 0 Å². The van der Waals surface area contributed by atoms with Crippen LogP contribution in [0.15, 0.2) is 48.5 Å². The van der Waals surface area contributed by atoms with Crippen LogP contribution in [0.3, 0.4) is 0 Å². The van der Waals surface area contributed by atoms with Crippen LogP contribution in [0, 0.1) is 0 Å². The molecule has 38 heavy (non-hydrogen) atoms. The lowest BCUT2D eigenvalue weighted by Gasteiger charge is -2.33. The van der Waals surface area contributed by atoms with E-state index in [1.54, 1.807) is 63.8 Å². The monoisotopic (exact) mass is 524 g/mol. The van der Waals surface area contributed by atoms with E-state index in [2.05, 4.69) is 5.32 Å². The summed E-state index contributed by atoms with van der Waals surface area (Å²) in [6, 6.07) is 13.2. The van der Waals surface area contributed by atoms with Crippen molar-refractivity contribution in [3.8, 4) is 5.75 Å². The summed E-state index contributed by atoms with van der Waals surface area (Å²) in [5.41, 5.74) is 2.61. The van der Waals surface area contributed by atoms with Crippen molar-refractivity contribution in [3.05, 3.63) is 65.2 Å². The molecule has 0 heterocycles. The van der Waals surface area contributed by atoms with Gasteiger partial charge < -0.3 is 19.5 Å². The van der Waals surface area contributed by atoms with E-state index >= 15 is 0 Å². The summed E-state index contributed by atoms with van der Waals surface area (Å²) in [5, 5.41) is 12.7. The molecule has 2 atom stereocenters. The van der Waals surface area contributed by atoms with Crippen molar-refractivity contribution >= 4 is 17.8 Å². The van der Waals surface area contributed by atoms with E-state index in [0.29, 0.717) is 25.7 Å². The molecule has 0 aliphatic heterocycles. The Morgan fingerprint density at radius 3 is 2.21 bits per heavy atom. The molecule has 206 valence electrons. The molecule has 1 aliphatic carbocycles. The SMILES string of the molecule is CCOC(=O)C(CCc1ccc(O)cc1)N[C@@H](C)C(=O)N(CC(=O)OC(C)(C)C)C1Cc2ccccc2C1. The average molecular weight is 525 g/mol. The van der Waals surface area contributed by atoms with Gasteiger partial charge in [0.25, 0.3) is 0 Å². The highest BCUT2D eigenvalue weighted by Crippen LogP contribution is 2.26. The Bertz CT molecular complexity index is 1080. The number of aromatic hydroxyl groups is 1. The van der Waals surface area contributed by atoms with E-state index in [1.165, 1.54) is 11.1 Å². The fraction of sp³-hybridized carbons (Fsp3) is 0.500. The van der Waals surface area contributed by atoms with Crippen LogP contribution >= 0.6 is 0 Å². The van der Waals surface area contributed by atoms with Crippen LogP contribution in [0.2, 0.25) is 0 Å². The highest BCUT2D eigenvalue weighted by Gasteiger charge is 2.35. The molecule has 2 aromatic rings. The normalized spacial score (nSPS) is 14.9. The number of phenolic OH excluding ortho intramolecular Hbond substituents is 1. The molecule has 0 saturated carbocycles. The number of rotatable bonds is 11. The summed E-state index contributed by atoms with van der Waals surface area (Å²) in [5.74, 6) is -0.999. The zero-order valence-electron chi connectivity index (χ0n) is 23.0. The van der Waals surface area contributed by atoms with Gasteiger partial charge in [-0.2, -0.15) is 0 Å². The Morgan fingerprint density at radius 1 is 1.05 bits per heavy atom. The Labute approximate surface area is 225 Å². The minimum atomic E-state index is -0.740. The van der Waals surface area contributed by atoms with Crippen molar-refractivity contribution in [1.29, 1.82) is 0 Å². The summed E-state index contributed by atoms with van der Waals surface area (Å²) in [6.45, 7) is 8.89. The predicted octanol–water partition coefficient (Wildman–Crippen LogP) is 3.57. The van der Waals surface area contributed by atoms with Crippen LogP contribution in [-0.4, -0.2) is 64.7 Å². The molecular formula is C30H40N2O6. The molecule has 8 heteroatoms. The summed E-state index contributed by atoms with van der Waals surface area (Å²) in [7, 11) is 0. The molecule has 2 aromatic carbocycles. The molecule has 0 bridgehead atoms. The average Bonchev–Trinajstić information content (AvgIpc) is 3.28. The van der Waals surface area contributed by atoms with Crippen LogP contribution < -0.4 is 5.32 Å². The minimum absolute atomic E-state index is 0.168. The third kappa shape index (κ3) is 8.31. The maximum atomic E-state index is 13.8. The number of fused-ring (bicyclic) bond motifs is 1. The number of ether oxygens (including phenoxy) is 2. The molecule has 2 N–H and O–H groups in total. The van der Waals surface area contributed by atoms with Crippen molar-refractivity contribution < 1.29 is 29.0 Å². The number of amides is 1. The smallest absolute Gasteiger partial charge is 0.326 e. The zero-order valence-corrected chi connectivity index (χ0v) is 23.0. The standard InChI is InChI=1S/C30H40N2O6/c1-6-37-29(36)26(16-13-21-11-14-25(33)15-12-21)31-20(2)28(35)32(19-27(34)38-30(3,4)5)24-17-22-9-7-8-10-23(22)18-24/h7-12,14-15,20,24,26,31,33H,6,13,16-19H2,1-5H3/t20-,26?/m0/s1. The Morgan fingerprint density at radius 2 is 1.66 bits per heavy atom. The summed E-state index contributed by atoms with van der Waals surface area (Å²) in [6.07, 6.45) is 2.26. The first-order chi connectivity index (χ1) is 18.0. The third-order valence-electron chi connectivity index (χ3n) is 6.52. The van der Waals surface area contributed by atoms with Gasteiger partial charge in [-0.25, -0.2) is 0 Å². The van der Waals surface area contributed by atoms with Gasteiger partial charge in [0, 0.05) is 6.04 Å². The number of carbonyl (C=O) groups excluding carboxylic acids is 3. The first-order valence-electron chi connectivity index (χ1n) is 13.3. The number of esters is 2. The van der Waals surface area contributed by atoms with E-state index < -0.39 is 29.6 Å². The molecule has 1 amide bonds. The van der Waals surface area contributed by atoms with Gasteiger partial charge in [-0.05, 0) is 89.1 Å². The number of carbonyl (C=O) groups is 3. The number of hydrogen-bond acceptors (Lipinski definition) is 7. The predicted molar refractivity (Wildman–Crippen MR) is 145 cm³/mol. The molecule has 0 fully saturated rings. The number of aryl methyl sites for hydroxylation is 1. The third-order valence-corrected chi connectivity index (χ3v) is 6.52. The van der Waals surface area contributed by atoms with Gasteiger partial charge >= 0.3 is 11.9 Å². The lowest BCUT2D eigenvalue weighted by molar-refractivity contribution is -0.160. The molecule has 0 saturated heterocycles. The van der Waals surface area contributed by atoms with E-state index in [9.17, 15) is 19.5 Å². The highest BCUT2D eigenvalue weighted by atomic mass is 16.6. The Hall–Kier alpha value is -3.39. The van der Waals surface area contributed by atoms with E-state index in [4.69, 9.17) is 9.47 Å². The molecule has 0 aromatic heterocycles. The van der Waals surface area contributed by atoms with Crippen LogP contribution in [0.1, 0.15) is 57.7 Å². The number of nitrogens with zero attached hydrogens (tertiary/aromatic N) is 1. The lowest BCUT2D eigenvalue weighted by Crippen LogP contribution is -2.55. The van der Waals surface area contributed by atoms with Crippen molar-refractivity contribution in [2.24, 2.45) is 0 Å². The van der Waals surface area contributed by atoms with E-state index in [0.717, 1.165) is 5.56 Å². The maximum Gasteiger partial charge on any atom is 0.326 e. The van der Waals surface area contributed by atoms with Crippen LogP contribution in [0.5, 0.6) is 5.75 Å². The number of benzene rings is 2. The lowest BCUT2D eigenvalue weighted by atomic mass is 10.0. The molecule has 0 radical (unpaired) electrons. The fourth-order valence-electron chi connectivity index (χ4n) is 4.76. The molecule has 1 unspecified atom stereocenters. The molecule has 1 aliphatic rings. The molecule has 0 spiro atoms. The molecular weight excluding hydrogens is 484 g/mol. The topological polar surface area (TPSA) is 105 Å².